The van der Waals surface area contributed by atoms with Gasteiger partial charge in [0.1, 0.15) is 0 Å². The van der Waals surface area contributed by atoms with E-state index in [1.54, 1.807) is 53.0 Å². The molecule has 8 nitrogen and oxygen atoms in total. The van der Waals surface area contributed by atoms with E-state index in [2.05, 4.69) is 10.4 Å². The van der Waals surface area contributed by atoms with E-state index in [1.807, 2.05) is 31.2 Å². The lowest BCUT2D eigenvalue weighted by Crippen LogP contribution is -2.28. The molecule has 1 atom stereocenters. The second-order valence-electron chi connectivity index (χ2n) is 8.06. The van der Waals surface area contributed by atoms with Gasteiger partial charge in [0.15, 0.2) is 5.69 Å². The van der Waals surface area contributed by atoms with Crippen LogP contribution < -0.4 is 5.32 Å². The summed E-state index contributed by atoms with van der Waals surface area (Å²) in [4.78, 5) is 38.7. The monoisotopic (exact) mass is 446 g/mol. The maximum Gasteiger partial charge on any atom is 0.358 e. The summed E-state index contributed by atoms with van der Waals surface area (Å²) in [7, 11) is 0. The quantitative estimate of drug-likeness (QED) is 0.562. The molecule has 1 saturated heterocycles. The zero-order valence-corrected chi connectivity index (χ0v) is 18.7. The Bertz CT molecular complexity index is 1150. The highest BCUT2D eigenvalue weighted by Gasteiger charge is 2.34. The van der Waals surface area contributed by atoms with E-state index < -0.39 is 5.97 Å². The first-order valence-electron chi connectivity index (χ1n) is 10.9. The fourth-order valence-electron chi connectivity index (χ4n) is 3.74. The van der Waals surface area contributed by atoms with Crippen molar-refractivity contribution in [2.24, 2.45) is 5.92 Å². The minimum absolute atomic E-state index is 0.0119. The van der Waals surface area contributed by atoms with Gasteiger partial charge in [0, 0.05) is 31.4 Å². The van der Waals surface area contributed by atoms with Crippen LogP contribution in [-0.4, -0.2) is 45.6 Å². The van der Waals surface area contributed by atoms with Crippen LogP contribution in [0.15, 0.2) is 60.8 Å². The smallest absolute Gasteiger partial charge is 0.358 e. The summed E-state index contributed by atoms with van der Waals surface area (Å²) in [6.07, 6.45) is 1.88. The number of anilines is 1. The molecule has 170 valence electrons. The Hall–Kier alpha value is -3.94. The Morgan fingerprint density at radius 2 is 1.82 bits per heavy atom. The van der Waals surface area contributed by atoms with E-state index in [4.69, 9.17) is 4.74 Å². The summed E-state index contributed by atoms with van der Waals surface area (Å²) in [6, 6.07) is 16.8. The van der Waals surface area contributed by atoms with E-state index in [-0.39, 0.29) is 36.5 Å². The van der Waals surface area contributed by atoms with E-state index in [1.165, 1.54) is 5.56 Å². The number of likely N-dealkylation sites (tertiary alicyclic amines) is 1. The molecular formula is C25H26N4O4. The largest absolute Gasteiger partial charge is 0.461 e. The fraction of sp³-hybridized carbons (Fsp3) is 0.280. The van der Waals surface area contributed by atoms with E-state index >= 15 is 0 Å². The molecule has 0 aliphatic carbocycles. The predicted octanol–water partition coefficient (Wildman–Crippen LogP) is 3.34. The first kappa shape index (κ1) is 22.3. The Kier molecular flexibility index (Phi) is 6.53. The first-order chi connectivity index (χ1) is 15.9. The highest BCUT2D eigenvalue weighted by Crippen LogP contribution is 2.22. The van der Waals surface area contributed by atoms with Gasteiger partial charge in [-0.25, -0.2) is 9.48 Å². The fourth-order valence-corrected chi connectivity index (χ4v) is 3.74. The predicted molar refractivity (Wildman–Crippen MR) is 123 cm³/mol. The van der Waals surface area contributed by atoms with Crippen molar-refractivity contribution in [3.05, 3.63) is 77.6 Å². The van der Waals surface area contributed by atoms with Crippen LogP contribution in [0.2, 0.25) is 0 Å². The van der Waals surface area contributed by atoms with E-state index in [0.29, 0.717) is 18.8 Å². The molecule has 2 amide bonds. The minimum atomic E-state index is -0.470. The number of hydrogen-bond acceptors (Lipinski definition) is 5. The Morgan fingerprint density at radius 3 is 2.52 bits per heavy atom. The number of rotatable bonds is 7. The molecular weight excluding hydrogens is 420 g/mol. The van der Waals surface area contributed by atoms with Crippen molar-refractivity contribution < 1.29 is 19.1 Å². The van der Waals surface area contributed by atoms with Gasteiger partial charge in [-0.15, -0.1) is 0 Å². The number of nitrogens with one attached hydrogen (secondary N) is 1. The summed E-state index contributed by atoms with van der Waals surface area (Å²) in [5.74, 6) is -1.04. The molecule has 0 radical (unpaired) electrons. The number of ether oxygens (including phenoxy) is 1. The lowest BCUT2D eigenvalue weighted by Gasteiger charge is -2.17. The van der Waals surface area contributed by atoms with Gasteiger partial charge < -0.3 is 15.0 Å². The van der Waals surface area contributed by atoms with Crippen molar-refractivity contribution in [2.75, 3.05) is 18.5 Å². The van der Waals surface area contributed by atoms with Crippen LogP contribution >= 0.6 is 0 Å². The average Bonchev–Trinajstić information content (AvgIpc) is 3.44. The van der Waals surface area contributed by atoms with Crippen molar-refractivity contribution >= 4 is 23.5 Å². The highest BCUT2D eigenvalue weighted by atomic mass is 16.5. The van der Waals surface area contributed by atoms with Gasteiger partial charge in [-0.05, 0) is 49.7 Å². The normalized spacial score (nSPS) is 15.5. The number of hydrogen-bond donors (Lipinski definition) is 1. The molecule has 0 spiro atoms. The second-order valence-corrected chi connectivity index (χ2v) is 8.06. The molecule has 1 N–H and O–H groups in total. The van der Waals surface area contributed by atoms with Crippen LogP contribution in [0.25, 0.3) is 5.69 Å². The summed E-state index contributed by atoms with van der Waals surface area (Å²) < 4.78 is 6.52. The number of amides is 2. The van der Waals surface area contributed by atoms with Crippen LogP contribution in [0.3, 0.4) is 0 Å². The Balaban J connectivity index is 1.34. The Morgan fingerprint density at radius 1 is 1.09 bits per heavy atom. The molecule has 0 bridgehead atoms. The summed E-state index contributed by atoms with van der Waals surface area (Å²) >= 11 is 0. The lowest BCUT2D eigenvalue weighted by molar-refractivity contribution is -0.128. The number of aryl methyl sites for hydroxylation is 1. The van der Waals surface area contributed by atoms with Gasteiger partial charge >= 0.3 is 5.97 Å². The molecule has 33 heavy (non-hydrogen) atoms. The minimum Gasteiger partial charge on any atom is -0.461 e. The molecule has 8 heteroatoms. The summed E-state index contributed by atoms with van der Waals surface area (Å²) in [5.41, 5.74) is 3.82. The second kappa shape index (κ2) is 9.68. The molecule has 0 saturated carbocycles. The third kappa shape index (κ3) is 5.28. The van der Waals surface area contributed by atoms with Crippen molar-refractivity contribution in [3.8, 4) is 5.69 Å². The third-order valence-corrected chi connectivity index (χ3v) is 5.55. The van der Waals surface area contributed by atoms with Crippen molar-refractivity contribution in [2.45, 2.75) is 26.8 Å². The van der Waals surface area contributed by atoms with Gasteiger partial charge in [0.2, 0.25) is 11.8 Å². The standard InChI is InChI=1S/C25H26N4O4/c1-3-33-25(32)22-12-13-29(27-22)21-10-8-20(9-11-21)26-24(31)19-14-23(30)28(16-19)15-18-6-4-17(2)5-7-18/h4-13,19H,3,14-16H2,1-2H3,(H,26,31). The first-order valence-corrected chi connectivity index (χ1v) is 10.9. The van der Waals surface area contributed by atoms with E-state index in [0.717, 1.165) is 11.3 Å². The maximum atomic E-state index is 12.7. The molecule has 3 aromatic rings. The SMILES string of the molecule is CCOC(=O)c1ccn(-c2ccc(NC(=O)C3CC(=O)N(Cc4ccc(C)cc4)C3)cc2)n1. The van der Waals surface area contributed by atoms with Gasteiger partial charge in [-0.1, -0.05) is 29.8 Å². The number of carbonyl (C=O) groups excluding carboxylic acids is 3. The average molecular weight is 447 g/mol. The van der Waals surface area contributed by atoms with Gasteiger partial charge in [-0.2, -0.15) is 5.10 Å². The number of carbonyl (C=O) groups is 3. The number of esters is 1. The lowest BCUT2D eigenvalue weighted by atomic mass is 10.1. The molecule has 2 aromatic carbocycles. The molecule has 1 unspecified atom stereocenters. The molecule has 1 aromatic heterocycles. The van der Waals surface area contributed by atoms with Crippen LogP contribution in [0, 0.1) is 12.8 Å². The zero-order chi connectivity index (χ0) is 23.4. The molecule has 1 fully saturated rings. The van der Waals surface area contributed by atoms with Crippen molar-refractivity contribution in [1.82, 2.24) is 14.7 Å². The van der Waals surface area contributed by atoms with Crippen LogP contribution in [0.4, 0.5) is 5.69 Å². The topological polar surface area (TPSA) is 93.5 Å². The number of nitrogens with zero attached hydrogens (tertiary/aromatic N) is 3. The maximum absolute atomic E-state index is 12.7. The third-order valence-electron chi connectivity index (χ3n) is 5.55. The molecule has 1 aliphatic heterocycles. The summed E-state index contributed by atoms with van der Waals surface area (Å²) in [5, 5.41) is 7.11. The highest BCUT2D eigenvalue weighted by molar-refractivity contribution is 5.97. The van der Waals surface area contributed by atoms with Crippen LogP contribution in [0.5, 0.6) is 0 Å². The molecule has 2 heterocycles. The van der Waals surface area contributed by atoms with Crippen molar-refractivity contribution in [1.29, 1.82) is 0 Å². The summed E-state index contributed by atoms with van der Waals surface area (Å²) in [6.45, 7) is 4.96. The molecule has 1 aliphatic rings. The van der Waals surface area contributed by atoms with Crippen LogP contribution in [0.1, 0.15) is 35.0 Å². The van der Waals surface area contributed by atoms with Gasteiger partial charge in [0.25, 0.3) is 0 Å². The number of benzene rings is 2. The Labute approximate surface area is 192 Å². The van der Waals surface area contributed by atoms with Crippen LogP contribution in [-0.2, 0) is 20.9 Å². The van der Waals surface area contributed by atoms with Crippen molar-refractivity contribution in [3.63, 3.8) is 0 Å². The van der Waals surface area contributed by atoms with Gasteiger partial charge in [-0.3, -0.25) is 9.59 Å². The zero-order valence-electron chi connectivity index (χ0n) is 18.7. The molecule has 4 rings (SSSR count). The van der Waals surface area contributed by atoms with E-state index in [9.17, 15) is 14.4 Å². The number of aromatic nitrogens is 2. The van der Waals surface area contributed by atoms with Gasteiger partial charge in [0.05, 0.1) is 18.2 Å².